The fourth-order valence-electron chi connectivity index (χ4n) is 2.29. The maximum atomic E-state index is 12.8. The summed E-state index contributed by atoms with van der Waals surface area (Å²) < 4.78 is 33.1. The van der Waals surface area contributed by atoms with Gasteiger partial charge < -0.3 is 10.5 Å². The Morgan fingerprint density at radius 3 is 2.70 bits per heavy atom. The molecule has 1 aliphatic rings. The van der Waals surface area contributed by atoms with Gasteiger partial charge in [0.1, 0.15) is 0 Å². The minimum atomic E-state index is -3.56. The topological polar surface area (TPSA) is 72.6 Å². The van der Waals surface area contributed by atoms with E-state index in [-0.39, 0.29) is 4.90 Å². The SMILES string of the molecule is CC1(C)COCCN1S(=O)(=O)c1ccc(CN)cc1Br. The zero-order chi connectivity index (χ0) is 15.0. The van der Waals surface area contributed by atoms with E-state index in [0.717, 1.165) is 5.56 Å². The third-order valence-corrected chi connectivity index (χ3v) is 6.46. The van der Waals surface area contributed by atoms with Gasteiger partial charge >= 0.3 is 0 Å². The number of morpholine rings is 1. The van der Waals surface area contributed by atoms with Crippen molar-refractivity contribution in [3.05, 3.63) is 28.2 Å². The fourth-order valence-corrected chi connectivity index (χ4v) is 5.13. The maximum Gasteiger partial charge on any atom is 0.244 e. The van der Waals surface area contributed by atoms with Crippen LogP contribution in [0.15, 0.2) is 27.6 Å². The molecule has 1 saturated heterocycles. The van der Waals surface area contributed by atoms with Gasteiger partial charge in [0.2, 0.25) is 10.0 Å². The van der Waals surface area contributed by atoms with E-state index in [0.29, 0.717) is 30.8 Å². The van der Waals surface area contributed by atoms with E-state index in [1.54, 1.807) is 18.2 Å². The molecule has 0 spiro atoms. The molecule has 112 valence electrons. The molecule has 7 heteroatoms. The second-order valence-electron chi connectivity index (χ2n) is 5.41. The van der Waals surface area contributed by atoms with Crippen molar-refractivity contribution in [2.45, 2.75) is 30.8 Å². The molecule has 0 aliphatic carbocycles. The first-order valence-electron chi connectivity index (χ1n) is 6.38. The molecule has 0 amide bonds. The molecule has 0 unspecified atom stereocenters. The lowest BCUT2D eigenvalue weighted by Crippen LogP contribution is -2.55. The predicted molar refractivity (Wildman–Crippen MR) is 80.8 cm³/mol. The highest BCUT2D eigenvalue weighted by atomic mass is 79.9. The van der Waals surface area contributed by atoms with Crippen LogP contribution in [0.25, 0.3) is 0 Å². The summed E-state index contributed by atoms with van der Waals surface area (Å²) in [7, 11) is -3.56. The van der Waals surface area contributed by atoms with Gasteiger partial charge in [0, 0.05) is 17.6 Å². The van der Waals surface area contributed by atoms with Crippen molar-refractivity contribution in [3.8, 4) is 0 Å². The summed E-state index contributed by atoms with van der Waals surface area (Å²) in [5, 5.41) is 0. The van der Waals surface area contributed by atoms with Crippen LogP contribution in [0, 0.1) is 0 Å². The monoisotopic (exact) mass is 362 g/mol. The zero-order valence-corrected chi connectivity index (χ0v) is 14.0. The van der Waals surface area contributed by atoms with Gasteiger partial charge in [-0.1, -0.05) is 6.07 Å². The van der Waals surface area contributed by atoms with Crippen LogP contribution >= 0.6 is 15.9 Å². The molecule has 20 heavy (non-hydrogen) atoms. The van der Waals surface area contributed by atoms with E-state index in [9.17, 15) is 8.42 Å². The first-order valence-corrected chi connectivity index (χ1v) is 8.61. The lowest BCUT2D eigenvalue weighted by molar-refractivity contribution is -0.00772. The van der Waals surface area contributed by atoms with Crippen molar-refractivity contribution in [1.29, 1.82) is 0 Å². The van der Waals surface area contributed by atoms with Crippen LogP contribution in [-0.2, 0) is 21.3 Å². The third kappa shape index (κ3) is 2.92. The summed E-state index contributed by atoms with van der Waals surface area (Å²) in [4.78, 5) is 0.268. The van der Waals surface area contributed by atoms with Crippen molar-refractivity contribution in [1.82, 2.24) is 4.31 Å². The minimum Gasteiger partial charge on any atom is -0.378 e. The van der Waals surface area contributed by atoms with Gasteiger partial charge in [-0.15, -0.1) is 0 Å². The van der Waals surface area contributed by atoms with Gasteiger partial charge in [0.05, 0.1) is 23.6 Å². The number of rotatable bonds is 3. The van der Waals surface area contributed by atoms with E-state index in [2.05, 4.69) is 15.9 Å². The second kappa shape index (κ2) is 5.73. The number of benzene rings is 1. The summed E-state index contributed by atoms with van der Waals surface area (Å²) in [5.74, 6) is 0. The number of hydrogen-bond acceptors (Lipinski definition) is 4. The van der Waals surface area contributed by atoms with Crippen LogP contribution in [0.5, 0.6) is 0 Å². The Labute approximate surface area is 128 Å². The molecule has 0 atom stereocenters. The summed E-state index contributed by atoms with van der Waals surface area (Å²) in [5.41, 5.74) is 5.90. The fraction of sp³-hybridized carbons (Fsp3) is 0.538. The zero-order valence-electron chi connectivity index (χ0n) is 11.6. The summed E-state index contributed by atoms with van der Waals surface area (Å²) in [6.07, 6.45) is 0. The van der Waals surface area contributed by atoms with Gasteiger partial charge in [-0.05, 0) is 47.5 Å². The van der Waals surface area contributed by atoms with Crippen molar-refractivity contribution in [3.63, 3.8) is 0 Å². The molecule has 0 aromatic heterocycles. The number of halogens is 1. The van der Waals surface area contributed by atoms with Crippen molar-refractivity contribution in [2.75, 3.05) is 19.8 Å². The highest BCUT2D eigenvalue weighted by Gasteiger charge is 2.40. The number of sulfonamides is 1. The molecule has 1 aliphatic heterocycles. The smallest absolute Gasteiger partial charge is 0.244 e. The molecule has 1 heterocycles. The molecule has 1 fully saturated rings. The Morgan fingerprint density at radius 1 is 1.45 bits per heavy atom. The Balaban J connectivity index is 2.44. The van der Waals surface area contributed by atoms with Crippen LogP contribution in [0.4, 0.5) is 0 Å². The average molecular weight is 363 g/mol. The molecular weight excluding hydrogens is 344 g/mol. The summed E-state index contributed by atoms with van der Waals surface area (Å²) >= 11 is 3.34. The van der Waals surface area contributed by atoms with Gasteiger partial charge in [0.25, 0.3) is 0 Å². The Kier molecular flexibility index (Phi) is 4.56. The molecule has 0 radical (unpaired) electrons. The Bertz CT molecular complexity index is 602. The predicted octanol–water partition coefficient (Wildman–Crippen LogP) is 1.71. The Hall–Kier alpha value is -0.470. The summed E-state index contributed by atoms with van der Waals surface area (Å²) in [6, 6.07) is 5.10. The first-order chi connectivity index (χ1) is 9.29. The quantitative estimate of drug-likeness (QED) is 0.888. The summed E-state index contributed by atoms with van der Waals surface area (Å²) in [6.45, 7) is 5.28. The van der Waals surface area contributed by atoms with Gasteiger partial charge in [-0.3, -0.25) is 0 Å². The number of ether oxygens (including phenoxy) is 1. The lowest BCUT2D eigenvalue weighted by atomic mass is 10.1. The van der Waals surface area contributed by atoms with Crippen LogP contribution < -0.4 is 5.73 Å². The van der Waals surface area contributed by atoms with Crippen molar-refractivity contribution in [2.24, 2.45) is 5.73 Å². The third-order valence-electron chi connectivity index (χ3n) is 3.37. The molecule has 1 aromatic rings. The molecule has 0 bridgehead atoms. The second-order valence-corrected chi connectivity index (χ2v) is 8.10. The van der Waals surface area contributed by atoms with E-state index in [1.807, 2.05) is 13.8 Å². The maximum absolute atomic E-state index is 12.8. The van der Waals surface area contributed by atoms with E-state index >= 15 is 0 Å². The first kappa shape index (κ1) is 15.9. The van der Waals surface area contributed by atoms with E-state index in [4.69, 9.17) is 10.5 Å². The molecule has 1 aromatic carbocycles. The molecule has 2 rings (SSSR count). The molecule has 5 nitrogen and oxygen atoms in total. The standard InChI is InChI=1S/C13H19BrN2O3S/c1-13(2)9-19-6-5-16(13)20(17,18)12-4-3-10(8-15)7-11(12)14/h3-4,7H,5-6,8-9,15H2,1-2H3. The molecule has 2 N–H and O–H groups in total. The number of nitrogens with zero attached hydrogens (tertiary/aromatic N) is 1. The van der Waals surface area contributed by atoms with Crippen molar-refractivity contribution >= 4 is 26.0 Å². The average Bonchev–Trinajstić information content (AvgIpc) is 2.37. The molecule has 0 saturated carbocycles. The number of nitrogens with two attached hydrogens (primary N) is 1. The van der Waals surface area contributed by atoms with Gasteiger partial charge in [0.15, 0.2) is 0 Å². The minimum absolute atomic E-state index is 0.268. The van der Waals surface area contributed by atoms with Gasteiger partial charge in [-0.2, -0.15) is 4.31 Å². The van der Waals surface area contributed by atoms with Crippen LogP contribution in [0.1, 0.15) is 19.4 Å². The van der Waals surface area contributed by atoms with Crippen LogP contribution in [0.2, 0.25) is 0 Å². The van der Waals surface area contributed by atoms with Crippen molar-refractivity contribution < 1.29 is 13.2 Å². The van der Waals surface area contributed by atoms with E-state index in [1.165, 1.54) is 4.31 Å². The number of hydrogen-bond donors (Lipinski definition) is 1. The lowest BCUT2D eigenvalue weighted by Gasteiger charge is -2.40. The molecular formula is C13H19BrN2O3S. The van der Waals surface area contributed by atoms with Crippen LogP contribution in [-0.4, -0.2) is 38.0 Å². The largest absolute Gasteiger partial charge is 0.378 e. The van der Waals surface area contributed by atoms with E-state index < -0.39 is 15.6 Å². The normalized spacial score (nSPS) is 20.0. The highest BCUT2D eigenvalue weighted by molar-refractivity contribution is 9.10. The van der Waals surface area contributed by atoms with Crippen LogP contribution in [0.3, 0.4) is 0 Å². The highest BCUT2D eigenvalue weighted by Crippen LogP contribution is 2.31. The Morgan fingerprint density at radius 2 is 2.15 bits per heavy atom. The van der Waals surface area contributed by atoms with Gasteiger partial charge in [-0.25, -0.2) is 8.42 Å².